The molecule has 0 radical (unpaired) electrons. The molecule has 0 spiro atoms. The second-order valence-corrected chi connectivity index (χ2v) is 39.2. The highest BCUT2D eigenvalue weighted by atomic mass is 34.0. The van der Waals surface area contributed by atoms with Crippen molar-refractivity contribution in [3.63, 3.8) is 0 Å². The third-order valence-electron chi connectivity index (χ3n) is 15.5. The largest absolute Gasteiger partial charge is 0.506 e. The summed E-state index contributed by atoms with van der Waals surface area (Å²) in [6, 6.07) is 28.4. The van der Waals surface area contributed by atoms with Crippen LogP contribution in [0.25, 0.3) is 0 Å². The van der Waals surface area contributed by atoms with E-state index >= 15 is 0 Å². The Morgan fingerprint density at radius 1 is 0.232 bits per heavy atom. The average molecular weight is 1460 g/mol. The van der Waals surface area contributed by atoms with Crippen molar-refractivity contribution < 1.29 is 43.5 Å². The van der Waals surface area contributed by atoms with Gasteiger partial charge in [-0.15, -0.1) is 0 Å². The van der Waals surface area contributed by atoms with E-state index in [1.54, 1.807) is 128 Å². The summed E-state index contributed by atoms with van der Waals surface area (Å²) in [5, 5.41) is 35.8. The first kappa shape index (κ1) is 70.6. The van der Waals surface area contributed by atoms with Crippen LogP contribution in [0.1, 0.15) is 150 Å². The van der Waals surface area contributed by atoms with Crippen molar-refractivity contribution >= 4 is 193 Å². The molecular formula is C68H62N8O9S10. The molecular weight excluding hydrogens is 1390 g/mol. The molecule has 14 bridgehead atoms. The minimum Gasteiger partial charge on any atom is -0.506 e. The van der Waals surface area contributed by atoms with Gasteiger partial charge < -0.3 is 47.6 Å². The van der Waals surface area contributed by atoms with Crippen molar-refractivity contribution in [2.24, 2.45) is 0 Å². The number of hydrogen-bond donors (Lipinski definition) is 9. The topological polar surface area (TPSA) is 253 Å². The predicted molar refractivity (Wildman–Crippen MR) is 406 cm³/mol. The Morgan fingerprint density at radius 3 is 0.684 bits per heavy atom. The first-order chi connectivity index (χ1) is 45.2. The summed E-state index contributed by atoms with van der Waals surface area (Å²) in [6.07, 6.45) is 0. The maximum absolute atomic E-state index is 14.9. The molecule has 0 saturated heterocycles. The molecule has 2 aliphatic heterocycles. The highest BCUT2D eigenvalue weighted by molar-refractivity contribution is 9.52. The molecule has 10 rings (SSSR count). The second-order valence-electron chi connectivity index (χ2n) is 22.9. The maximum atomic E-state index is 14.9. The third-order valence-corrected chi connectivity index (χ3v) is 35.0. The second kappa shape index (κ2) is 30.5. The van der Waals surface area contributed by atoms with Crippen LogP contribution >= 0.6 is 100 Å². The molecule has 17 nitrogen and oxygen atoms in total. The lowest BCUT2D eigenvalue weighted by Gasteiger charge is -2.19. The normalized spacial score (nSPS) is 14.8. The Balaban J connectivity index is 1.11. The van der Waals surface area contributed by atoms with Crippen molar-refractivity contribution in [2.45, 2.75) is 92.9 Å². The van der Waals surface area contributed by atoms with Crippen molar-refractivity contribution in [3.8, 4) is 5.75 Å². The maximum Gasteiger partial charge on any atom is 0.259 e. The molecule has 8 aromatic carbocycles. The van der Waals surface area contributed by atoms with Gasteiger partial charge in [-0.1, -0.05) is 24.3 Å². The SMILES string of the molecule is Cc1cc2cc(c1)C(=O)Nc1cc(c(C)cc1C)NC(=O)c1cc(C)cc3c1SSSSSSSSSSc1c(cc(C)cc1C(=O)Nc1cc(c(C)cc1C)NC(=O)c1cc(C)cc(c1O)C(=O)Nc1cc(c(C)cc1C)NC3=O)C(=O)Nc1cc(c(C)cc1C)NC2=O. The first-order valence-corrected chi connectivity index (χ1v) is 41.9. The van der Waals surface area contributed by atoms with Gasteiger partial charge in [-0.05, 0) is 329 Å². The van der Waals surface area contributed by atoms with Crippen LogP contribution in [0.15, 0.2) is 113 Å². The molecule has 8 amide bonds. The van der Waals surface area contributed by atoms with Gasteiger partial charge in [-0.3, -0.25) is 38.4 Å². The van der Waals surface area contributed by atoms with Crippen LogP contribution in [-0.4, -0.2) is 52.4 Å². The number of benzene rings is 8. The molecule has 9 N–H and O–H groups in total. The molecule has 0 aromatic heterocycles. The van der Waals surface area contributed by atoms with Crippen molar-refractivity contribution in [1.29, 1.82) is 0 Å². The van der Waals surface area contributed by atoms with Crippen LogP contribution in [0, 0.1) is 83.1 Å². The summed E-state index contributed by atoms with van der Waals surface area (Å²) in [5.74, 6) is -5.27. The van der Waals surface area contributed by atoms with Gasteiger partial charge in [-0.2, -0.15) is 0 Å². The molecule has 0 unspecified atom stereocenters. The molecule has 95 heavy (non-hydrogen) atoms. The summed E-state index contributed by atoms with van der Waals surface area (Å²) in [7, 11) is 13.9. The van der Waals surface area contributed by atoms with E-state index in [0.717, 1.165) is 0 Å². The lowest BCUT2D eigenvalue weighted by molar-refractivity contribution is 0.100. The number of carbonyl (C=O) groups is 8. The molecule has 0 aliphatic carbocycles. The van der Waals surface area contributed by atoms with Gasteiger partial charge in [0.1, 0.15) is 5.75 Å². The molecule has 8 aromatic rings. The zero-order valence-electron chi connectivity index (χ0n) is 53.1. The number of amides is 8. The summed E-state index contributed by atoms with van der Waals surface area (Å²) in [4.78, 5) is 118. The van der Waals surface area contributed by atoms with Gasteiger partial charge in [0.2, 0.25) is 0 Å². The molecule has 0 atom stereocenters. The number of phenolic OH excluding ortho intramolecular Hbond substituents is 1. The number of carbonyl (C=O) groups excluding carboxylic acids is 8. The van der Waals surface area contributed by atoms with Crippen molar-refractivity contribution in [1.82, 2.24) is 0 Å². The van der Waals surface area contributed by atoms with Crippen LogP contribution in [0.3, 0.4) is 0 Å². The van der Waals surface area contributed by atoms with Gasteiger partial charge in [0, 0.05) is 66.4 Å². The summed E-state index contributed by atoms with van der Waals surface area (Å²) in [5.41, 5.74) is 11.3. The van der Waals surface area contributed by atoms with Gasteiger partial charge in [0.15, 0.2) is 0 Å². The molecule has 2 aliphatic rings. The van der Waals surface area contributed by atoms with Crippen LogP contribution < -0.4 is 42.5 Å². The Labute approximate surface area is 586 Å². The minimum atomic E-state index is -0.740. The van der Waals surface area contributed by atoms with E-state index in [2.05, 4.69) is 42.5 Å². The van der Waals surface area contributed by atoms with Crippen LogP contribution in [0.5, 0.6) is 5.75 Å². The Kier molecular flexibility index (Phi) is 22.7. The number of nitrogens with one attached hydrogen (secondary N) is 8. The predicted octanol–water partition coefficient (Wildman–Crippen LogP) is 19.7. The van der Waals surface area contributed by atoms with Crippen LogP contribution in [0.4, 0.5) is 45.5 Å². The molecule has 488 valence electrons. The summed E-state index contributed by atoms with van der Waals surface area (Å²) < 4.78 is 0. The van der Waals surface area contributed by atoms with Crippen LogP contribution in [-0.2, 0) is 0 Å². The summed E-state index contributed by atoms with van der Waals surface area (Å²) in [6.45, 7) is 21.5. The Hall–Kier alpha value is -7.18. The number of aryl methyl sites for hydroxylation is 12. The number of rotatable bonds is 0. The van der Waals surface area contributed by atoms with E-state index in [-0.39, 0.29) is 44.5 Å². The lowest BCUT2D eigenvalue weighted by atomic mass is 10.0. The Morgan fingerprint density at radius 2 is 0.432 bits per heavy atom. The fourth-order valence-corrected chi connectivity index (χ4v) is 33.2. The van der Waals surface area contributed by atoms with E-state index < -0.39 is 53.0 Å². The third kappa shape index (κ3) is 16.6. The monoisotopic (exact) mass is 1450 g/mol. The van der Waals surface area contributed by atoms with Crippen LogP contribution in [0.2, 0.25) is 0 Å². The molecule has 27 heteroatoms. The zero-order valence-corrected chi connectivity index (χ0v) is 61.3. The lowest BCUT2D eigenvalue weighted by Crippen LogP contribution is -2.20. The van der Waals surface area contributed by atoms with Gasteiger partial charge >= 0.3 is 0 Å². The van der Waals surface area contributed by atoms with E-state index in [9.17, 15) is 43.5 Å². The fraction of sp³-hybridized carbons (Fsp3) is 0.176. The number of aromatic hydroxyl groups is 1. The van der Waals surface area contributed by atoms with Gasteiger partial charge in [0.25, 0.3) is 47.3 Å². The first-order valence-electron chi connectivity index (χ1n) is 29.1. The van der Waals surface area contributed by atoms with E-state index in [4.69, 9.17) is 0 Å². The highest BCUT2D eigenvalue weighted by Gasteiger charge is 2.28. The molecule has 2 heterocycles. The average Bonchev–Trinajstić information content (AvgIpc) is 0.816. The van der Waals surface area contributed by atoms with E-state index in [1.165, 1.54) is 118 Å². The van der Waals surface area contributed by atoms with E-state index in [0.29, 0.717) is 122 Å². The standard InChI is InChI=1S/C68H62N8O9S10/c1-30-13-42-25-43(14-30)62(79)70-51-27-55(39(10)22-35(51)6)74-66(83)47-18-33(4)20-49-60(47)87-89-91-93-95-94-92-90-88-86-59-46(65(82)73-54-26-50(69-61(42)78)34(5)21-38(54)9)17-32(3)19-48(59)67(84)75-56-28-52(36(7)23-40(56)11)71-63(80)44-15-31(2)16-45(58(44)77)64(81)72-53-29-57(76-68(49)85)41(12)24-37(53)8/h13-29,77H,1-12H3,(H,69,78)(H,70,79)(H,71,80)(H,72,81)(H,73,82)(H,74,83)(H,75,84)(H,76,85). The number of anilines is 8. The number of hydrogen-bond acceptors (Lipinski definition) is 19. The molecule has 0 saturated carbocycles. The zero-order chi connectivity index (χ0) is 68.3. The Bertz CT molecular complexity index is 4310. The van der Waals surface area contributed by atoms with E-state index in [1.807, 2.05) is 39.8 Å². The van der Waals surface area contributed by atoms with Gasteiger partial charge in [0.05, 0.1) is 33.4 Å². The molecule has 0 fully saturated rings. The van der Waals surface area contributed by atoms with Crippen molar-refractivity contribution in [3.05, 3.63) is 214 Å². The smallest absolute Gasteiger partial charge is 0.259 e. The summed E-state index contributed by atoms with van der Waals surface area (Å²) >= 11 is 0. The number of fused-ring (bicyclic) bond motifs is 21. The number of phenols is 1. The highest BCUT2D eigenvalue weighted by Crippen LogP contribution is 2.62. The quantitative estimate of drug-likeness (QED) is 0.0640. The minimum absolute atomic E-state index is 0.185. The fourth-order valence-electron chi connectivity index (χ4n) is 10.7. The van der Waals surface area contributed by atoms with Crippen molar-refractivity contribution in [2.75, 3.05) is 42.5 Å². The van der Waals surface area contributed by atoms with Gasteiger partial charge in [-0.25, -0.2) is 0 Å².